The molecule has 0 fully saturated rings. The molecular weight excluding hydrogens is 190 g/mol. The number of carboxylic acid groups (broad SMARTS) is 1. The SMILES string of the molecule is O=C(O)CCCCCNc1ccccc1. The van der Waals surface area contributed by atoms with E-state index in [-0.39, 0.29) is 6.42 Å². The molecule has 0 aromatic heterocycles. The van der Waals surface area contributed by atoms with Gasteiger partial charge in [-0.25, -0.2) is 0 Å². The van der Waals surface area contributed by atoms with Crippen molar-refractivity contribution in [2.45, 2.75) is 25.7 Å². The molecule has 2 N–H and O–H groups in total. The molecule has 0 amide bonds. The first-order chi connectivity index (χ1) is 7.29. The van der Waals surface area contributed by atoms with E-state index in [1.54, 1.807) is 0 Å². The van der Waals surface area contributed by atoms with Gasteiger partial charge in [0, 0.05) is 18.7 Å². The fourth-order valence-electron chi connectivity index (χ4n) is 1.37. The fraction of sp³-hybridized carbons (Fsp3) is 0.417. The molecule has 0 aliphatic heterocycles. The van der Waals surface area contributed by atoms with Crippen molar-refractivity contribution in [2.75, 3.05) is 11.9 Å². The van der Waals surface area contributed by atoms with Gasteiger partial charge in [0.05, 0.1) is 0 Å². The Kier molecular flexibility index (Phi) is 5.30. The van der Waals surface area contributed by atoms with Crippen molar-refractivity contribution in [1.82, 2.24) is 0 Å². The number of para-hydroxylation sites is 1. The molecular formula is C12H17NO2. The van der Waals surface area contributed by atoms with Crippen molar-refractivity contribution in [1.29, 1.82) is 0 Å². The van der Waals surface area contributed by atoms with E-state index in [2.05, 4.69) is 5.32 Å². The van der Waals surface area contributed by atoms with Gasteiger partial charge in [-0.3, -0.25) is 4.79 Å². The first kappa shape index (κ1) is 11.6. The van der Waals surface area contributed by atoms with Crippen LogP contribution in [0.25, 0.3) is 0 Å². The molecule has 1 rings (SSSR count). The summed E-state index contributed by atoms with van der Waals surface area (Å²) in [5, 5.41) is 11.7. The molecule has 0 spiro atoms. The number of aliphatic carboxylic acids is 1. The molecule has 0 radical (unpaired) electrons. The van der Waals surface area contributed by atoms with E-state index in [0.29, 0.717) is 0 Å². The standard InChI is InChI=1S/C12H17NO2/c14-12(15)9-5-2-6-10-13-11-7-3-1-4-8-11/h1,3-4,7-8,13H,2,5-6,9-10H2,(H,14,15). The van der Waals surface area contributed by atoms with Crippen LogP contribution in [0.1, 0.15) is 25.7 Å². The Balaban J connectivity index is 2.00. The summed E-state index contributed by atoms with van der Waals surface area (Å²) < 4.78 is 0. The van der Waals surface area contributed by atoms with Crippen LogP contribution >= 0.6 is 0 Å². The van der Waals surface area contributed by atoms with Gasteiger partial charge in [0.25, 0.3) is 0 Å². The lowest BCUT2D eigenvalue weighted by Gasteiger charge is -2.04. The highest BCUT2D eigenvalue weighted by atomic mass is 16.4. The van der Waals surface area contributed by atoms with E-state index in [1.165, 1.54) is 0 Å². The summed E-state index contributed by atoms with van der Waals surface area (Å²) in [6.45, 7) is 0.906. The molecule has 3 nitrogen and oxygen atoms in total. The number of benzene rings is 1. The van der Waals surface area contributed by atoms with E-state index in [4.69, 9.17) is 5.11 Å². The van der Waals surface area contributed by atoms with Gasteiger partial charge in [0.15, 0.2) is 0 Å². The van der Waals surface area contributed by atoms with Crippen LogP contribution in [0.4, 0.5) is 5.69 Å². The third-order valence-electron chi connectivity index (χ3n) is 2.17. The summed E-state index contributed by atoms with van der Waals surface area (Å²) in [5.74, 6) is -0.703. The van der Waals surface area contributed by atoms with Crippen LogP contribution in [0.15, 0.2) is 30.3 Å². The first-order valence-electron chi connectivity index (χ1n) is 5.30. The van der Waals surface area contributed by atoms with Crippen molar-refractivity contribution < 1.29 is 9.90 Å². The maximum atomic E-state index is 10.2. The average molecular weight is 207 g/mol. The van der Waals surface area contributed by atoms with Crippen LogP contribution in [0, 0.1) is 0 Å². The molecule has 0 aliphatic carbocycles. The lowest BCUT2D eigenvalue weighted by molar-refractivity contribution is -0.137. The Bertz CT molecular complexity index is 285. The third kappa shape index (κ3) is 5.73. The van der Waals surface area contributed by atoms with Gasteiger partial charge in [-0.05, 0) is 25.0 Å². The second-order valence-electron chi connectivity index (χ2n) is 3.50. The zero-order valence-electron chi connectivity index (χ0n) is 8.78. The number of carboxylic acids is 1. The van der Waals surface area contributed by atoms with Crippen molar-refractivity contribution in [3.63, 3.8) is 0 Å². The highest BCUT2D eigenvalue weighted by Crippen LogP contribution is 2.06. The topological polar surface area (TPSA) is 49.3 Å². The van der Waals surface area contributed by atoms with Crippen LogP contribution in [0.5, 0.6) is 0 Å². The van der Waals surface area contributed by atoms with Gasteiger partial charge in [0.1, 0.15) is 0 Å². The number of hydrogen-bond donors (Lipinski definition) is 2. The van der Waals surface area contributed by atoms with Gasteiger partial charge in [-0.15, -0.1) is 0 Å². The highest BCUT2D eigenvalue weighted by Gasteiger charge is 1.96. The van der Waals surface area contributed by atoms with E-state index >= 15 is 0 Å². The molecule has 0 saturated carbocycles. The van der Waals surface area contributed by atoms with Gasteiger partial charge >= 0.3 is 5.97 Å². The van der Waals surface area contributed by atoms with E-state index in [1.807, 2.05) is 30.3 Å². The molecule has 15 heavy (non-hydrogen) atoms. The van der Waals surface area contributed by atoms with E-state index in [0.717, 1.165) is 31.5 Å². The number of rotatable bonds is 7. The third-order valence-corrected chi connectivity index (χ3v) is 2.17. The van der Waals surface area contributed by atoms with Gasteiger partial charge < -0.3 is 10.4 Å². The molecule has 82 valence electrons. The first-order valence-corrected chi connectivity index (χ1v) is 5.30. The van der Waals surface area contributed by atoms with E-state index < -0.39 is 5.97 Å². The van der Waals surface area contributed by atoms with Gasteiger partial charge in [-0.1, -0.05) is 24.6 Å². The summed E-state index contributed by atoms with van der Waals surface area (Å²) in [6, 6.07) is 10.0. The minimum Gasteiger partial charge on any atom is -0.481 e. The molecule has 0 heterocycles. The predicted octanol–water partition coefficient (Wildman–Crippen LogP) is 2.74. The summed E-state index contributed by atoms with van der Waals surface area (Å²) >= 11 is 0. The second-order valence-corrected chi connectivity index (χ2v) is 3.50. The number of nitrogens with one attached hydrogen (secondary N) is 1. The summed E-state index contributed by atoms with van der Waals surface area (Å²) in [4.78, 5) is 10.2. The average Bonchev–Trinajstić information content (AvgIpc) is 2.24. The Hall–Kier alpha value is -1.51. The quantitative estimate of drug-likeness (QED) is 0.676. The van der Waals surface area contributed by atoms with Crippen molar-refractivity contribution >= 4 is 11.7 Å². The number of anilines is 1. The maximum Gasteiger partial charge on any atom is 0.303 e. The van der Waals surface area contributed by atoms with Crippen LogP contribution in [-0.2, 0) is 4.79 Å². The molecule has 1 aromatic rings. The van der Waals surface area contributed by atoms with Crippen molar-refractivity contribution in [3.8, 4) is 0 Å². The van der Waals surface area contributed by atoms with Crippen molar-refractivity contribution in [3.05, 3.63) is 30.3 Å². The molecule has 0 unspecified atom stereocenters. The van der Waals surface area contributed by atoms with E-state index in [9.17, 15) is 4.79 Å². The molecule has 0 atom stereocenters. The Morgan fingerprint density at radius 2 is 1.87 bits per heavy atom. The normalized spacial score (nSPS) is 9.87. The molecule has 3 heteroatoms. The van der Waals surface area contributed by atoms with Crippen LogP contribution in [0.3, 0.4) is 0 Å². The zero-order valence-corrected chi connectivity index (χ0v) is 8.78. The molecule has 0 saturated heterocycles. The predicted molar refractivity (Wildman–Crippen MR) is 61.0 cm³/mol. The lowest BCUT2D eigenvalue weighted by Crippen LogP contribution is -2.01. The van der Waals surface area contributed by atoms with Gasteiger partial charge in [0.2, 0.25) is 0 Å². The second kappa shape index (κ2) is 6.87. The van der Waals surface area contributed by atoms with Crippen LogP contribution in [0.2, 0.25) is 0 Å². The Morgan fingerprint density at radius 3 is 2.53 bits per heavy atom. The van der Waals surface area contributed by atoms with Crippen LogP contribution in [-0.4, -0.2) is 17.6 Å². The number of carbonyl (C=O) groups is 1. The minimum absolute atomic E-state index is 0.283. The largest absolute Gasteiger partial charge is 0.481 e. The van der Waals surface area contributed by atoms with Gasteiger partial charge in [-0.2, -0.15) is 0 Å². The summed E-state index contributed by atoms with van der Waals surface area (Å²) in [6.07, 6.45) is 3.03. The monoisotopic (exact) mass is 207 g/mol. The Morgan fingerprint density at radius 1 is 1.13 bits per heavy atom. The molecule has 0 aliphatic rings. The minimum atomic E-state index is -0.703. The summed E-state index contributed by atoms with van der Waals surface area (Å²) in [7, 11) is 0. The number of unbranched alkanes of at least 4 members (excludes halogenated alkanes) is 2. The molecule has 1 aromatic carbocycles. The summed E-state index contributed by atoms with van der Waals surface area (Å²) in [5.41, 5.74) is 1.12. The fourth-order valence-corrected chi connectivity index (χ4v) is 1.37. The maximum absolute atomic E-state index is 10.2. The zero-order chi connectivity index (χ0) is 10.9. The lowest BCUT2D eigenvalue weighted by atomic mass is 10.2. The highest BCUT2D eigenvalue weighted by molar-refractivity contribution is 5.66. The Labute approximate surface area is 90.1 Å². The smallest absolute Gasteiger partial charge is 0.303 e. The van der Waals surface area contributed by atoms with Crippen LogP contribution < -0.4 is 5.32 Å². The number of hydrogen-bond acceptors (Lipinski definition) is 2. The van der Waals surface area contributed by atoms with Crippen molar-refractivity contribution in [2.24, 2.45) is 0 Å². The molecule has 0 bridgehead atoms.